The monoisotopic (exact) mass is 325 g/mol. The molecule has 0 spiro atoms. The third-order valence-electron chi connectivity index (χ3n) is 4.45. The highest BCUT2D eigenvalue weighted by atomic mass is 32.2. The first-order valence-electron chi connectivity index (χ1n) is 8.03. The Morgan fingerprint density at radius 1 is 1.32 bits per heavy atom. The second kappa shape index (κ2) is 7.41. The smallest absolute Gasteiger partial charge is 0.233 e. The average Bonchev–Trinajstić information content (AvgIpc) is 3.02. The van der Waals surface area contributed by atoms with E-state index in [-0.39, 0.29) is 11.9 Å². The number of ether oxygens (including phenoxy) is 1. The van der Waals surface area contributed by atoms with Gasteiger partial charge in [0, 0.05) is 25.8 Å². The molecule has 0 bridgehead atoms. The Hall–Kier alpha value is -1.15. The van der Waals surface area contributed by atoms with Crippen molar-refractivity contribution in [3.8, 4) is 0 Å². The van der Waals surface area contributed by atoms with Crippen molar-refractivity contribution in [3.63, 3.8) is 0 Å². The number of nitrogens with zero attached hydrogens (tertiary/aromatic N) is 5. The second-order valence-corrected chi connectivity index (χ2v) is 6.91. The topological polar surface area (TPSA) is 73.1 Å². The fraction of sp³-hybridized carbons (Fsp3) is 0.857. The van der Waals surface area contributed by atoms with Crippen LogP contribution in [0.25, 0.3) is 0 Å². The maximum absolute atomic E-state index is 12.4. The van der Waals surface area contributed by atoms with Gasteiger partial charge in [-0.15, -0.1) is 5.10 Å². The predicted molar refractivity (Wildman–Crippen MR) is 82.7 cm³/mol. The van der Waals surface area contributed by atoms with Crippen LogP contribution in [-0.2, 0) is 9.53 Å². The van der Waals surface area contributed by atoms with Crippen molar-refractivity contribution in [3.05, 3.63) is 0 Å². The number of carbonyl (C=O) groups is 1. The predicted octanol–water partition coefficient (Wildman–Crippen LogP) is 1.52. The molecule has 2 aliphatic rings. The summed E-state index contributed by atoms with van der Waals surface area (Å²) < 4.78 is 7.24. The van der Waals surface area contributed by atoms with Gasteiger partial charge in [-0.25, -0.2) is 4.68 Å². The number of carbonyl (C=O) groups excluding carboxylic acids is 1. The van der Waals surface area contributed by atoms with Crippen LogP contribution in [0.1, 0.15) is 45.1 Å². The molecule has 3 heterocycles. The molecule has 22 heavy (non-hydrogen) atoms. The minimum atomic E-state index is 0.193. The molecule has 3 rings (SSSR count). The van der Waals surface area contributed by atoms with E-state index >= 15 is 0 Å². The summed E-state index contributed by atoms with van der Waals surface area (Å²) in [6.45, 7) is 4.51. The number of amides is 1. The van der Waals surface area contributed by atoms with Gasteiger partial charge in [-0.3, -0.25) is 4.79 Å². The molecule has 1 unspecified atom stereocenters. The average molecular weight is 325 g/mol. The van der Waals surface area contributed by atoms with Crippen LogP contribution in [0.15, 0.2) is 5.16 Å². The van der Waals surface area contributed by atoms with E-state index in [9.17, 15) is 4.79 Å². The highest BCUT2D eigenvalue weighted by Crippen LogP contribution is 2.26. The molecule has 2 fully saturated rings. The number of likely N-dealkylation sites (tertiary alicyclic amines) is 1. The lowest BCUT2D eigenvalue weighted by Crippen LogP contribution is -2.43. The minimum Gasteiger partial charge on any atom is -0.381 e. The molecule has 2 saturated heterocycles. The Labute approximate surface area is 134 Å². The molecule has 0 N–H and O–H groups in total. The maximum Gasteiger partial charge on any atom is 0.233 e. The molecule has 1 aromatic heterocycles. The van der Waals surface area contributed by atoms with Gasteiger partial charge >= 0.3 is 0 Å². The number of thioether (sulfide) groups is 1. The molecule has 2 aliphatic heterocycles. The number of hydrogen-bond acceptors (Lipinski definition) is 6. The summed E-state index contributed by atoms with van der Waals surface area (Å²) in [4.78, 5) is 14.4. The molecule has 0 saturated carbocycles. The molecular formula is C14H23N5O2S. The molecule has 1 atom stereocenters. The number of hydrogen-bond donors (Lipinski definition) is 0. The first kappa shape index (κ1) is 15.7. The van der Waals surface area contributed by atoms with Crippen LogP contribution in [0.3, 0.4) is 0 Å². The van der Waals surface area contributed by atoms with Crippen LogP contribution >= 0.6 is 11.8 Å². The summed E-state index contributed by atoms with van der Waals surface area (Å²) in [5, 5.41) is 12.7. The lowest BCUT2D eigenvalue weighted by molar-refractivity contribution is -0.131. The van der Waals surface area contributed by atoms with Crippen LogP contribution in [0, 0.1) is 0 Å². The third-order valence-corrected chi connectivity index (χ3v) is 5.37. The quantitative estimate of drug-likeness (QED) is 0.782. The summed E-state index contributed by atoms with van der Waals surface area (Å²) in [6, 6.07) is 0.642. The van der Waals surface area contributed by atoms with Crippen molar-refractivity contribution >= 4 is 17.7 Å². The first-order valence-corrected chi connectivity index (χ1v) is 9.02. The Balaban J connectivity index is 1.57. The third kappa shape index (κ3) is 3.60. The molecule has 0 radical (unpaired) electrons. The fourth-order valence-corrected chi connectivity index (χ4v) is 3.95. The molecule has 8 heteroatoms. The summed E-state index contributed by atoms with van der Waals surface area (Å²) in [7, 11) is 0. The van der Waals surface area contributed by atoms with Crippen molar-refractivity contribution < 1.29 is 9.53 Å². The van der Waals surface area contributed by atoms with E-state index in [2.05, 4.69) is 22.4 Å². The highest BCUT2D eigenvalue weighted by molar-refractivity contribution is 7.99. The van der Waals surface area contributed by atoms with Crippen LogP contribution in [0.4, 0.5) is 0 Å². The van der Waals surface area contributed by atoms with Gasteiger partial charge in [-0.2, -0.15) is 0 Å². The van der Waals surface area contributed by atoms with E-state index in [4.69, 9.17) is 4.74 Å². The van der Waals surface area contributed by atoms with Crippen molar-refractivity contribution in [2.75, 3.05) is 25.5 Å². The van der Waals surface area contributed by atoms with Gasteiger partial charge in [-0.1, -0.05) is 11.8 Å². The molecular weight excluding hydrogens is 302 g/mol. The van der Waals surface area contributed by atoms with E-state index in [1.807, 2.05) is 9.58 Å². The summed E-state index contributed by atoms with van der Waals surface area (Å²) >= 11 is 1.45. The molecule has 1 aromatic rings. The van der Waals surface area contributed by atoms with Crippen molar-refractivity contribution in [1.29, 1.82) is 0 Å². The van der Waals surface area contributed by atoms with Crippen LogP contribution in [0.5, 0.6) is 0 Å². The Morgan fingerprint density at radius 3 is 2.91 bits per heavy atom. The second-order valence-electron chi connectivity index (χ2n) is 5.97. The fourth-order valence-electron chi connectivity index (χ4n) is 3.12. The van der Waals surface area contributed by atoms with Gasteiger partial charge in [0.1, 0.15) is 0 Å². The summed E-state index contributed by atoms with van der Waals surface area (Å²) in [5.74, 6) is 0.604. The Morgan fingerprint density at radius 2 is 2.14 bits per heavy atom. The number of aromatic nitrogens is 4. The highest BCUT2D eigenvalue weighted by Gasteiger charge is 2.25. The van der Waals surface area contributed by atoms with E-state index < -0.39 is 0 Å². The van der Waals surface area contributed by atoms with E-state index in [0.717, 1.165) is 50.6 Å². The lowest BCUT2D eigenvalue weighted by Gasteiger charge is -2.33. The van der Waals surface area contributed by atoms with E-state index in [1.165, 1.54) is 18.2 Å². The zero-order valence-electron chi connectivity index (χ0n) is 13.0. The maximum atomic E-state index is 12.4. The molecule has 0 aromatic carbocycles. The lowest BCUT2D eigenvalue weighted by atomic mass is 10.0. The number of piperidine rings is 1. The molecule has 1 amide bonds. The summed E-state index contributed by atoms with van der Waals surface area (Å²) in [6.07, 6.45) is 5.29. The standard InChI is InChI=1S/C14H23N5O2S/c1-11-4-2-3-7-18(11)13(20)10-22-14-15-16-17-19(14)12-5-8-21-9-6-12/h11-12H,2-10H2,1H3. The normalized spacial score (nSPS) is 23.7. The summed E-state index contributed by atoms with van der Waals surface area (Å²) in [5.41, 5.74) is 0. The van der Waals surface area contributed by atoms with Gasteiger partial charge in [0.2, 0.25) is 11.1 Å². The number of rotatable bonds is 4. The van der Waals surface area contributed by atoms with E-state index in [1.54, 1.807) is 0 Å². The van der Waals surface area contributed by atoms with Gasteiger partial charge in [-0.05, 0) is 49.5 Å². The molecule has 0 aliphatic carbocycles. The zero-order valence-corrected chi connectivity index (χ0v) is 13.8. The zero-order chi connectivity index (χ0) is 15.4. The Kier molecular flexibility index (Phi) is 5.30. The van der Waals surface area contributed by atoms with Crippen molar-refractivity contribution in [2.45, 2.75) is 56.3 Å². The molecule has 122 valence electrons. The van der Waals surface area contributed by atoms with Gasteiger partial charge in [0.15, 0.2) is 0 Å². The Bertz CT molecular complexity index is 503. The van der Waals surface area contributed by atoms with Crippen LogP contribution < -0.4 is 0 Å². The van der Waals surface area contributed by atoms with Crippen molar-refractivity contribution in [1.82, 2.24) is 25.1 Å². The van der Waals surface area contributed by atoms with Crippen molar-refractivity contribution in [2.24, 2.45) is 0 Å². The van der Waals surface area contributed by atoms with Crippen LogP contribution in [0.2, 0.25) is 0 Å². The minimum absolute atomic E-state index is 0.193. The SMILES string of the molecule is CC1CCCCN1C(=O)CSc1nnnn1C1CCOCC1. The van der Waals surface area contributed by atoms with Gasteiger partial charge < -0.3 is 9.64 Å². The van der Waals surface area contributed by atoms with E-state index in [0.29, 0.717) is 11.8 Å². The van der Waals surface area contributed by atoms with Gasteiger partial charge in [0.05, 0.1) is 11.8 Å². The number of tetrazole rings is 1. The van der Waals surface area contributed by atoms with Crippen LogP contribution in [-0.4, -0.2) is 62.6 Å². The van der Waals surface area contributed by atoms with Gasteiger partial charge in [0.25, 0.3) is 0 Å². The first-order chi connectivity index (χ1) is 10.8. The largest absolute Gasteiger partial charge is 0.381 e. The molecule has 7 nitrogen and oxygen atoms in total.